The summed E-state index contributed by atoms with van der Waals surface area (Å²) in [6.45, 7) is 4.21. The van der Waals surface area contributed by atoms with Crippen molar-refractivity contribution in [3.8, 4) is 11.5 Å². The van der Waals surface area contributed by atoms with E-state index in [4.69, 9.17) is 4.74 Å². The van der Waals surface area contributed by atoms with Gasteiger partial charge in [0.25, 0.3) is 0 Å². The average Bonchev–Trinajstić information content (AvgIpc) is 2.41. The van der Waals surface area contributed by atoms with E-state index in [1.807, 2.05) is 6.92 Å². The standard InChI is InChI=1S/C15H16O4S/c1-3-19-15-9-8-14(10-11(15)2)20(17,18)13-6-4-12(16)5-7-13/h4-10,16H,3H2,1-2H3. The highest BCUT2D eigenvalue weighted by Crippen LogP contribution is 2.27. The first kappa shape index (κ1) is 14.4. The Kier molecular flexibility index (Phi) is 3.99. The fourth-order valence-electron chi connectivity index (χ4n) is 1.87. The molecule has 106 valence electrons. The lowest BCUT2D eigenvalue weighted by Crippen LogP contribution is -2.03. The van der Waals surface area contributed by atoms with Crippen LogP contribution in [0.4, 0.5) is 0 Å². The number of rotatable bonds is 4. The quantitative estimate of drug-likeness (QED) is 0.941. The summed E-state index contributed by atoms with van der Waals surface area (Å²) in [5, 5.41) is 9.22. The third kappa shape index (κ3) is 2.77. The van der Waals surface area contributed by atoms with Crippen molar-refractivity contribution >= 4 is 9.84 Å². The predicted molar refractivity (Wildman–Crippen MR) is 75.9 cm³/mol. The zero-order valence-corrected chi connectivity index (χ0v) is 12.1. The molecule has 0 bridgehead atoms. The van der Waals surface area contributed by atoms with Crippen molar-refractivity contribution in [2.24, 2.45) is 0 Å². The highest BCUT2D eigenvalue weighted by atomic mass is 32.2. The smallest absolute Gasteiger partial charge is 0.206 e. The van der Waals surface area contributed by atoms with E-state index in [0.29, 0.717) is 12.4 Å². The number of ether oxygens (including phenoxy) is 1. The number of phenols is 1. The normalized spacial score (nSPS) is 11.3. The molecule has 0 aliphatic carbocycles. The van der Waals surface area contributed by atoms with E-state index in [-0.39, 0.29) is 15.5 Å². The van der Waals surface area contributed by atoms with Crippen molar-refractivity contribution in [2.75, 3.05) is 6.61 Å². The Morgan fingerprint density at radius 2 is 1.65 bits per heavy atom. The van der Waals surface area contributed by atoms with Gasteiger partial charge in [-0.15, -0.1) is 0 Å². The van der Waals surface area contributed by atoms with Crippen LogP contribution in [0.25, 0.3) is 0 Å². The van der Waals surface area contributed by atoms with Gasteiger partial charge in [0, 0.05) is 0 Å². The third-order valence-electron chi connectivity index (χ3n) is 2.90. The van der Waals surface area contributed by atoms with E-state index in [1.54, 1.807) is 19.1 Å². The molecule has 0 aliphatic rings. The van der Waals surface area contributed by atoms with Crippen molar-refractivity contribution < 1.29 is 18.3 Å². The van der Waals surface area contributed by atoms with Gasteiger partial charge in [-0.25, -0.2) is 8.42 Å². The summed E-state index contributed by atoms with van der Waals surface area (Å²) in [4.78, 5) is 0.364. The molecule has 0 unspecified atom stereocenters. The fraction of sp³-hybridized carbons (Fsp3) is 0.200. The van der Waals surface area contributed by atoms with E-state index in [0.717, 1.165) is 5.56 Å². The van der Waals surface area contributed by atoms with Crippen LogP contribution in [-0.2, 0) is 9.84 Å². The van der Waals surface area contributed by atoms with Gasteiger partial charge < -0.3 is 9.84 Å². The van der Waals surface area contributed by atoms with E-state index in [1.165, 1.54) is 30.3 Å². The Morgan fingerprint density at radius 1 is 1.05 bits per heavy atom. The Labute approximate surface area is 118 Å². The van der Waals surface area contributed by atoms with Crippen LogP contribution in [0, 0.1) is 6.92 Å². The van der Waals surface area contributed by atoms with Gasteiger partial charge in [-0.1, -0.05) is 0 Å². The minimum absolute atomic E-state index is 0.0341. The molecule has 1 N–H and O–H groups in total. The van der Waals surface area contributed by atoms with Gasteiger partial charge in [0.15, 0.2) is 0 Å². The zero-order valence-electron chi connectivity index (χ0n) is 11.3. The van der Waals surface area contributed by atoms with Crippen molar-refractivity contribution in [3.05, 3.63) is 48.0 Å². The molecule has 0 spiro atoms. The van der Waals surface area contributed by atoms with E-state index in [9.17, 15) is 13.5 Å². The van der Waals surface area contributed by atoms with Gasteiger partial charge >= 0.3 is 0 Å². The second kappa shape index (κ2) is 5.54. The highest BCUT2D eigenvalue weighted by Gasteiger charge is 2.18. The minimum Gasteiger partial charge on any atom is -0.508 e. The molecule has 2 aromatic rings. The maximum Gasteiger partial charge on any atom is 0.206 e. The zero-order chi connectivity index (χ0) is 14.8. The molecule has 4 nitrogen and oxygen atoms in total. The molecule has 5 heteroatoms. The first-order valence-electron chi connectivity index (χ1n) is 6.22. The third-order valence-corrected chi connectivity index (χ3v) is 4.67. The molecule has 0 radical (unpaired) electrons. The topological polar surface area (TPSA) is 63.6 Å². The van der Waals surface area contributed by atoms with Gasteiger partial charge in [-0.3, -0.25) is 0 Å². The van der Waals surface area contributed by atoms with Crippen molar-refractivity contribution in [1.29, 1.82) is 0 Å². The molecule has 2 aromatic carbocycles. The lowest BCUT2D eigenvalue weighted by atomic mass is 10.2. The van der Waals surface area contributed by atoms with Gasteiger partial charge in [-0.05, 0) is 61.9 Å². The van der Waals surface area contributed by atoms with Crippen molar-refractivity contribution in [2.45, 2.75) is 23.6 Å². The van der Waals surface area contributed by atoms with Crippen LogP contribution in [0.5, 0.6) is 11.5 Å². The molecule has 0 aliphatic heterocycles. The second-order valence-corrected chi connectivity index (χ2v) is 6.31. The Morgan fingerprint density at radius 3 is 2.20 bits per heavy atom. The van der Waals surface area contributed by atoms with E-state index in [2.05, 4.69) is 0 Å². The molecular formula is C15H16O4S. The Hall–Kier alpha value is -2.01. The summed E-state index contributed by atoms with van der Waals surface area (Å²) >= 11 is 0. The fourth-order valence-corrected chi connectivity index (χ4v) is 3.21. The summed E-state index contributed by atoms with van der Waals surface area (Å²) in [6, 6.07) is 10.3. The van der Waals surface area contributed by atoms with Gasteiger partial charge in [0.05, 0.1) is 16.4 Å². The van der Waals surface area contributed by atoms with Crippen LogP contribution >= 0.6 is 0 Å². The van der Waals surface area contributed by atoms with Crippen molar-refractivity contribution in [1.82, 2.24) is 0 Å². The largest absolute Gasteiger partial charge is 0.508 e. The average molecular weight is 292 g/mol. The van der Waals surface area contributed by atoms with Crippen molar-refractivity contribution in [3.63, 3.8) is 0 Å². The number of hydrogen-bond acceptors (Lipinski definition) is 4. The maximum absolute atomic E-state index is 12.4. The molecule has 0 aromatic heterocycles. The number of benzene rings is 2. The van der Waals surface area contributed by atoms with Gasteiger partial charge in [0.2, 0.25) is 9.84 Å². The molecule has 0 saturated heterocycles. The summed E-state index contributed by atoms with van der Waals surface area (Å²) in [7, 11) is -3.58. The number of aromatic hydroxyl groups is 1. The molecular weight excluding hydrogens is 276 g/mol. The molecule has 0 saturated carbocycles. The summed E-state index contributed by atoms with van der Waals surface area (Å²) in [6.07, 6.45) is 0. The number of hydrogen-bond donors (Lipinski definition) is 1. The second-order valence-electron chi connectivity index (χ2n) is 4.36. The van der Waals surface area contributed by atoms with Crippen LogP contribution in [-0.4, -0.2) is 20.1 Å². The Balaban J connectivity index is 2.44. The van der Waals surface area contributed by atoms with Gasteiger partial charge in [-0.2, -0.15) is 0 Å². The predicted octanol–water partition coefficient (Wildman–Crippen LogP) is 2.93. The van der Waals surface area contributed by atoms with Crippen LogP contribution in [0.1, 0.15) is 12.5 Å². The monoisotopic (exact) mass is 292 g/mol. The van der Waals surface area contributed by atoms with E-state index < -0.39 is 9.84 Å². The van der Waals surface area contributed by atoms with Crippen LogP contribution in [0.3, 0.4) is 0 Å². The number of aryl methyl sites for hydroxylation is 1. The first-order chi connectivity index (χ1) is 9.45. The SMILES string of the molecule is CCOc1ccc(S(=O)(=O)c2ccc(O)cc2)cc1C. The first-order valence-corrected chi connectivity index (χ1v) is 7.71. The molecule has 0 atom stereocenters. The molecule has 0 amide bonds. The summed E-state index contributed by atoms with van der Waals surface area (Å²) < 4.78 is 30.3. The minimum atomic E-state index is -3.58. The summed E-state index contributed by atoms with van der Waals surface area (Å²) in [5.74, 6) is 0.712. The highest BCUT2D eigenvalue weighted by molar-refractivity contribution is 7.91. The maximum atomic E-state index is 12.4. The lowest BCUT2D eigenvalue weighted by molar-refractivity contribution is 0.337. The molecule has 0 heterocycles. The summed E-state index contributed by atoms with van der Waals surface area (Å²) in [5.41, 5.74) is 0.770. The number of phenolic OH excluding ortho intramolecular Hbond substituents is 1. The van der Waals surface area contributed by atoms with Crippen LogP contribution < -0.4 is 4.74 Å². The van der Waals surface area contributed by atoms with Crippen LogP contribution in [0.15, 0.2) is 52.3 Å². The number of sulfone groups is 1. The molecule has 2 rings (SSSR count). The lowest BCUT2D eigenvalue weighted by Gasteiger charge is -2.10. The molecule has 20 heavy (non-hydrogen) atoms. The van der Waals surface area contributed by atoms with Gasteiger partial charge in [0.1, 0.15) is 11.5 Å². The molecule has 0 fully saturated rings. The Bertz CT molecular complexity index is 703. The van der Waals surface area contributed by atoms with Crippen LogP contribution in [0.2, 0.25) is 0 Å². The van der Waals surface area contributed by atoms with E-state index >= 15 is 0 Å².